The number of nitrogen functional groups attached to an aromatic ring is 1. The number of carbonyl (C=O) groups is 3. The molecule has 1 amide bonds. The van der Waals surface area contributed by atoms with Gasteiger partial charge in [0.2, 0.25) is 11.9 Å². The number of aromatic amines is 1. The van der Waals surface area contributed by atoms with Crippen LogP contribution in [0.2, 0.25) is 0 Å². The van der Waals surface area contributed by atoms with Crippen LogP contribution in [-0.4, -0.2) is 50.5 Å². The molecular weight excluding hydrogens is 390 g/mol. The predicted octanol–water partition coefficient (Wildman–Crippen LogP) is -0.617. The third-order valence-corrected chi connectivity index (χ3v) is 4.82. The number of nitrogens with one attached hydrogen (secondary N) is 3. The number of fused-ring (bicyclic) bond motifs is 1. The minimum absolute atomic E-state index is 0.0122. The fourth-order valence-electron chi connectivity index (χ4n) is 3.21. The van der Waals surface area contributed by atoms with Crippen LogP contribution in [0.5, 0.6) is 0 Å². The van der Waals surface area contributed by atoms with Crippen molar-refractivity contribution in [3.05, 3.63) is 34.4 Å². The Morgan fingerprint density at radius 3 is 2.83 bits per heavy atom. The quantitative estimate of drug-likeness (QED) is 0.309. The highest BCUT2D eigenvalue weighted by Crippen LogP contribution is 2.18. The monoisotopic (exact) mass is 413 g/mol. The fourth-order valence-corrected chi connectivity index (χ4v) is 3.21. The first-order chi connectivity index (χ1) is 14.5. The van der Waals surface area contributed by atoms with E-state index in [-0.39, 0.29) is 41.4 Å². The van der Waals surface area contributed by atoms with Crippen molar-refractivity contribution in [1.29, 1.82) is 0 Å². The molecule has 2 aromatic heterocycles. The van der Waals surface area contributed by atoms with E-state index >= 15 is 0 Å². The van der Waals surface area contributed by atoms with Gasteiger partial charge in [-0.25, -0.2) is 9.97 Å². The van der Waals surface area contributed by atoms with Gasteiger partial charge in [0.05, 0.1) is 23.9 Å². The minimum atomic E-state index is -0.647. The zero-order valence-corrected chi connectivity index (χ0v) is 16.2. The molecule has 3 rings (SSSR count). The second-order valence-corrected chi connectivity index (χ2v) is 7.04. The summed E-state index contributed by atoms with van der Waals surface area (Å²) in [4.78, 5) is 60.4. The van der Waals surface area contributed by atoms with Crippen molar-refractivity contribution < 1.29 is 14.4 Å². The molecule has 1 aliphatic carbocycles. The average molecular weight is 413 g/mol. The molecule has 11 nitrogen and oxygen atoms in total. The summed E-state index contributed by atoms with van der Waals surface area (Å²) in [5.74, 6) is -0.557. The molecule has 5 N–H and O–H groups in total. The number of nitrogens with two attached hydrogens (primary N) is 1. The second-order valence-electron chi connectivity index (χ2n) is 7.04. The Kier molecular flexibility index (Phi) is 6.96. The lowest BCUT2D eigenvalue weighted by molar-refractivity contribution is -0.126. The SMILES string of the molecule is Nc1nc2ncc(CNC3C=CC(C(=O)N[C@H](C=O)CCC=O)CC3)nc2c(=O)[nH]1. The molecule has 158 valence electrons. The van der Waals surface area contributed by atoms with Crippen LogP contribution in [0.1, 0.15) is 31.4 Å². The Hall–Kier alpha value is -3.47. The zero-order valence-electron chi connectivity index (χ0n) is 16.2. The van der Waals surface area contributed by atoms with E-state index in [0.717, 1.165) is 6.29 Å². The van der Waals surface area contributed by atoms with E-state index in [1.807, 2.05) is 12.2 Å². The summed E-state index contributed by atoms with van der Waals surface area (Å²) < 4.78 is 0. The van der Waals surface area contributed by atoms with Crippen LogP contribution in [0.15, 0.2) is 23.1 Å². The number of H-pyrrole nitrogens is 1. The molecule has 1 aliphatic rings. The molecule has 30 heavy (non-hydrogen) atoms. The summed E-state index contributed by atoms with van der Waals surface area (Å²) in [6, 6.07) is -0.613. The lowest BCUT2D eigenvalue weighted by Crippen LogP contribution is -2.41. The van der Waals surface area contributed by atoms with E-state index in [9.17, 15) is 19.2 Å². The lowest BCUT2D eigenvalue weighted by Gasteiger charge is -2.24. The minimum Gasteiger partial charge on any atom is -0.369 e. The summed E-state index contributed by atoms with van der Waals surface area (Å²) in [6.07, 6.45) is 8.47. The van der Waals surface area contributed by atoms with Gasteiger partial charge in [-0.3, -0.25) is 14.6 Å². The third kappa shape index (κ3) is 5.32. The van der Waals surface area contributed by atoms with Crippen LogP contribution in [0.25, 0.3) is 11.2 Å². The summed E-state index contributed by atoms with van der Waals surface area (Å²) in [5.41, 5.74) is 5.94. The average Bonchev–Trinajstić information content (AvgIpc) is 2.75. The number of amides is 1. The van der Waals surface area contributed by atoms with Gasteiger partial charge in [-0.15, -0.1) is 0 Å². The highest BCUT2D eigenvalue weighted by molar-refractivity contribution is 5.83. The normalized spacial score (nSPS) is 19.3. The van der Waals surface area contributed by atoms with Gasteiger partial charge in [0.1, 0.15) is 12.6 Å². The van der Waals surface area contributed by atoms with Crippen molar-refractivity contribution in [2.75, 3.05) is 5.73 Å². The van der Waals surface area contributed by atoms with E-state index in [4.69, 9.17) is 5.73 Å². The summed E-state index contributed by atoms with van der Waals surface area (Å²) >= 11 is 0. The Morgan fingerprint density at radius 2 is 2.13 bits per heavy atom. The van der Waals surface area contributed by atoms with E-state index in [1.54, 1.807) is 0 Å². The Morgan fingerprint density at radius 1 is 1.30 bits per heavy atom. The summed E-state index contributed by atoms with van der Waals surface area (Å²) in [6.45, 7) is 0.386. The maximum absolute atomic E-state index is 12.3. The van der Waals surface area contributed by atoms with Gasteiger partial charge in [-0.1, -0.05) is 12.2 Å². The topological polar surface area (TPSA) is 173 Å². The highest BCUT2D eigenvalue weighted by Gasteiger charge is 2.23. The van der Waals surface area contributed by atoms with E-state index < -0.39 is 11.6 Å². The summed E-state index contributed by atoms with van der Waals surface area (Å²) in [5, 5.41) is 5.97. The molecule has 0 bridgehead atoms. The number of hydrogen-bond donors (Lipinski definition) is 4. The Bertz CT molecular complexity index is 1020. The standard InChI is InChI=1S/C19H23N7O4/c20-19-25-16-15(18(30)26-19)23-14(9-22-16)8-21-12-5-3-11(4-6-12)17(29)24-13(10-28)2-1-7-27/h3,5,7,9-13,21H,1-2,4,6,8H2,(H,24,29)(H3,20,22,25,26,30)/t11?,12?,13-/m0/s1. The largest absolute Gasteiger partial charge is 0.369 e. The van der Waals surface area contributed by atoms with Crippen LogP contribution in [-0.2, 0) is 20.9 Å². The van der Waals surface area contributed by atoms with Crippen molar-refractivity contribution in [2.24, 2.45) is 5.92 Å². The smallest absolute Gasteiger partial charge is 0.280 e. The first kappa shape index (κ1) is 21.2. The van der Waals surface area contributed by atoms with Crippen molar-refractivity contribution >= 4 is 35.6 Å². The summed E-state index contributed by atoms with van der Waals surface area (Å²) in [7, 11) is 0. The molecule has 0 aliphatic heterocycles. The lowest BCUT2D eigenvalue weighted by atomic mass is 9.91. The maximum Gasteiger partial charge on any atom is 0.280 e. The molecular formula is C19H23N7O4. The van der Waals surface area contributed by atoms with Gasteiger partial charge in [0.15, 0.2) is 11.2 Å². The Balaban J connectivity index is 1.54. The molecule has 0 fully saturated rings. The van der Waals surface area contributed by atoms with Crippen LogP contribution in [0.4, 0.5) is 5.95 Å². The van der Waals surface area contributed by atoms with Crippen molar-refractivity contribution in [3.63, 3.8) is 0 Å². The predicted molar refractivity (Wildman–Crippen MR) is 108 cm³/mol. The number of aromatic nitrogens is 4. The van der Waals surface area contributed by atoms with Crippen molar-refractivity contribution in [1.82, 2.24) is 30.6 Å². The molecule has 2 heterocycles. The molecule has 0 spiro atoms. The molecule has 0 radical (unpaired) electrons. The number of anilines is 1. The fraction of sp³-hybridized carbons (Fsp3) is 0.421. The number of nitrogens with zero attached hydrogens (tertiary/aromatic N) is 3. The van der Waals surface area contributed by atoms with Crippen LogP contribution in [0, 0.1) is 5.92 Å². The van der Waals surface area contributed by atoms with Crippen molar-refractivity contribution in [2.45, 2.75) is 44.3 Å². The van der Waals surface area contributed by atoms with E-state index in [2.05, 4.69) is 30.6 Å². The highest BCUT2D eigenvalue weighted by atomic mass is 16.2. The van der Waals surface area contributed by atoms with Gasteiger partial charge < -0.3 is 26.0 Å². The second kappa shape index (κ2) is 9.83. The molecule has 3 atom stereocenters. The van der Waals surface area contributed by atoms with E-state index in [0.29, 0.717) is 37.8 Å². The third-order valence-electron chi connectivity index (χ3n) is 4.82. The first-order valence-corrected chi connectivity index (χ1v) is 9.62. The van der Waals surface area contributed by atoms with Gasteiger partial charge in [0, 0.05) is 19.0 Å². The van der Waals surface area contributed by atoms with Crippen molar-refractivity contribution in [3.8, 4) is 0 Å². The molecule has 2 aromatic rings. The molecule has 0 saturated heterocycles. The van der Waals surface area contributed by atoms with Gasteiger partial charge in [-0.05, 0) is 19.3 Å². The van der Waals surface area contributed by atoms with E-state index in [1.165, 1.54) is 6.20 Å². The first-order valence-electron chi connectivity index (χ1n) is 9.62. The molecule has 11 heteroatoms. The van der Waals surface area contributed by atoms with Crippen LogP contribution >= 0.6 is 0 Å². The van der Waals surface area contributed by atoms with Crippen LogP contribution in [0.3, 0.4) is 0 Å². The van der Waals surface area contributed by atoms with Crippen LogP contribution < -0.4 is 21.9 Å². The van der Waals surface area contributed by atoms with Gasteiger partial charge in [0.25, 0.3) is 5.56 Å². The number of carbonyl (C=O) groups excluding carboxylic acids is 3. The Labute approximate surface area is 171 Å². The number of rotatable bonds is 9. The number of hydrogen-bond acceptors (Lipinski definition) is 9. The van der Waals surface area contributed by atoms with Gasteiger partial charge >= 0.3 is 0 Å². The number of aldehydes is 2. The molecule has 0 saturated carbocycles. The maximum atomic E-state index is 12.3. The van der Waals surface area contributed by atoms with Gasteiger partial charge in [-0.2, -0.15) is 4.98 Å². The molecule has 2 unspecified atom stereocenters. The molecule has 0 aromatic carbocycles. The zero-order chi connectivity index (χ0) is 21.5.